The molecule has 1 aromatic heterocycles. The SMILES string of the molecule is Cc1ccnc(NC(=O)C2CCN(S(=O)(=O)c3ccc(CCCCl)cc3)CC2)c1. The van der Waals surface area contributed by atoms with Gasteiger partial charge in [-0.25, -0.2) is 13.4 Å². The van der Waals surface area contributed by atoms with Gasteiger partial charge in [0.15, 0.2) is 0 Å². The van der Waals surface area contributed by atoms with Crippen molar-refractivity contribution in [2.45, 2.75) is 37.5 Å². The van der Waals surface area contributed by atoms with E-state index < -0.39 is 10.0 Å². The summed E-state index contributed by atoms with van der Waals surface area (Å²) in [6.45, 7) is 2.59. The number of hydrogen-bond donors (Lipinski definition) is 1. The molecule has 0 spiro atoms. The Bertz CT molecular complexity index is 940. The van der Waals surface area contributed by atoms with Crippen LogP contribution in [0.2, 0.25) is 0 Å². The van der Waals surface area contributed by atoms with Crippen molar-refractivity contribution in [2.24, 2.45) is 5.92 Å². The number of halogens is 1. The van der Waals surface area contributed by atoms with Gasteiger partial charge in [-0.3, -0.25) is 4.79 Å². The molecule has 0 aliphatic carbocycles. The molecule has 1 aliphatic rings. The first kappa shape index (κ1) is 21.7. The standard InChI is InChI=1S/C21H26ClN3O3S/c1-16-8-12-23-20(15-16)24-21(26)18-9-13-25(14-10-18)29(27,28)19-6-4-17(5-7-19)3-2-11-22/h4-8,12,15,18H,2-3,9-11,13-14H2,1H3,(H,23,24,26). The van der Waals surface area contributed by atoms with Crippen LogP contribution in [0.4, 0.5) is 5.82 Å². The molecule has 2 heterocycles. The van der Waals surface area contributed by atoms with Crippen molar-refractivity contribution in [2.75, 3.05) is 24.3 Å². The minimum Gasteiger partial charge on any atom is -0.310 e. The predicted octanol–water partition coefficient (Wildman–Crippen LogP) is 3.60. The lowest BCUT2D eigenvalue weighted by atomic mass is 9.97. The summed E-state index contributed by atoms with van der Waals surface area (Å²) in [5.41, 5.74) is 2.09. The molecule has 0 bridgehead atoms. The van der Waals surface area contributed by atoms with E-state index in [9.17, 15) is 13.2 Å². The number of rotatable bonds is 7. The Hall–Kier alpha value is -1.96. The third kappa shape index (κ3) is 5.56. The molecule has 0 saturated carbocycles. The number of nitrogens with one attached hydrogen (secondary N) is 1. The molecule has 8 heteroatoms. The van der Waals surface area contributed by atoms with Gasteiger partial charge >= 0.3 is 0 Å². The van der Waals surface area contributed by atoms with Gasteiger partial charge in [-0.15, -0.1) is 11.6 Å². The van der Waals surface area contributed by atoms with E-state index in [1.807, 2.05) is 31.2 Å². The zero-order valence-corrected chi connectivity index (χ0v) is 18.0. The molecule has 1 N–H and O–H groups in total. The van der Waals surface area contributed by atoms with Crippen LogP contribution in [0, 0.1) is 12.8 Å². The highest BCUT2D eigenvalue weighted by atomic mass is 35.5. The molecular formula is C21H26ClN3O3S. The molecule has 0 radical (unpaired) electrons. The number of hydrogen-bond acceptors (Lipinski definition) is 4. The number of alkyl halides is 1. The number of pyridine rings is 1. The molecule has 29 heavy (non-hydrogen) atoms. The number of aryl methyl sites for hydroxylation is 2. The number of carbonyl (C=O) groups excluding carboxylic acids is 1. The van der Waals surface area contributed by atoms with Crippen LogP contribution in [0.5, 0.6) is 0 Å². The second-order valence-electron chi connectivity index (χ2n) is 7.32. The Morgan fingerprint density at radius 3 is 2.52 bits per heavy atom. The fourth-order valence-corrected chi connectivity index (χ4v) is 5.04. The van der Waals surface area contributed by atoms with Crippen LogP contribution < -0.4 is 5.32 Å². The summed E-state index contributed by atoms with van der Waals surface area (Å²) in [6, 6.07) is 10.7. The summed E-state index contributed by atoms with van der Waals surface area (Å²) < 4.78 is 27.3. The zero-order valence-electron chi connectivity index (χ0n) is 16.5. The first-order chi connectivity index (χ1) is 13.9. The van der Waals surface area contributed by atoms with Gasteiger partial charge in [-0.1, -0.05) is 12.1 Å². The number of sulfonamides is 1. The van der Waals surface area contributed by atoms with Gasteiger partial charge < -0.3 is 5.32 Å². The van der Waals surface area contributed by atoms with Crippen LogP contribution in [0.3, 0.4) is 0 Å². The van der Waals surface area contributed by atoms with Gasteiger partial charge in [0, 0.05) is 31.1 Å². The summed E-state index contributed by atoms with van der Waals surface area (Å²) >= 11 is 5.71. The lowest BCUT2D eigenvalue weighted by molar-refractivity contribution is -0.120. The smallest absolute Gasteiger partial charge is 0.243 e. The van der Waals surface area contributed by atoms with E-state index in [0.29, 0.717) is 42.5 Å². The molecule has 6 nitrogen and oxygen atoms in total. The Labute approximate surface area is 177 Å². The van der Waals surface area contributed by atoms with Crippen LogP contribution >= 0.6 is 11.6 Å². The topological polar surface area (TPSA) is 79.4 Å². The zero-order chi connectivity index (χ0) is 20.9. The van der Waals surface area contributed by atoms with Crippen molar-refractivity contribution in [1.29, 1.82) is 0 Å². The average Bonchev–Trinajstić information content (AvgIpc) is 2.72. The maximum atomic E-state index is 12.9. The fourth-order valence-electron chi connectivity index (χ4n) is 3.44. The Balaban J connectivity index is 1.58. The van der Waals surface area contributed by atoms with E-state index in [2.05, 4.69) is 10.3 Å². The lowest BCUT2D eigenvalue weighted by Crippen LogP contribution is -2.41. The number of benzene rings is 1. The molecule has 1 amide bonds. The first-order valence-electron chi connectivity index (χ1n) is 9.79. The summed E-state index contributed by atoms with van der Waals surface area (Å²) in [6.07, 6.45) is 4.33. The highest BCUT2D eigenvalue weighted by Crippen LogP contribution is 2.25. The van der Waals surface area contributed by atoms with Gasteiger partial charge in [0.05, 0.1) is 4.90 Å². The Morgan fingerprint density at radius 2 is 1.90 bits per heavy atom. The molecule has 0 atom stereocenters. The van der Waals surface area contributed by atoms with Gasteiger partial charge in [-0.05, 0) is 68.0 Å². The molecule has 1 saturated heterocycles. The Morgan fingerprint density at radius 1 is 1.21 bits per heavy atom. The van der Waals surface area contributed by atoms with Crippen LogP contribution in [0.1, 0.15) is 30.4 Å². The molecule has 3 rings (SSSR count). The number of anilines is 1. The lowest BCUT2D eigenvalue weighted by Gasteiger charge is -2.30. The molecule has 0 unspecified atom stereocenters. The second-order valence-corrected chi connectivity index (χ2v) is 9.64. The second kappa shape index (κ2) is 9.69. The number of amides is 1. The molecule has 1 aliphatic heterocycles. The summed E-state index contributed by atoms with van der Waals surface area (Å²) in [5, 5.41) is 2.83. The molecule has 2 aromatic rings. The quantitative estimate of drug-likeness (QED) is 0.674. The fraction of sp³-hybridized carbons (Fsp3) is 0.429. The normalized spacial score (nSPS) is 15.9. The summed E-state index contributed by atoms with van der Waals surface area (Å²) in [4.78, 5) is 16.9. The maximum absolute atomic E-state index is 12.9. The van der Waals surface area contributed by atoms with Crippen molar-refractivity contribution in [3.05, 3.63) is 53.7 Å². The van der Waals surface area contributed by atoms with Crippen molar-refractivity contribution < 1.29 is 13.2 Å². The highest BCUT2D eigenvalue weighted by Gasteiger charge is 2.32. The van der Waals surface area contributed by atoms with E-state index in [0.717, 1.165) is 24.0 Å². The maximum Gasteiger partial charge on any atom is 0.243 e. The summed E-state index contributed by atoms with van der Waals surface area (Å²) in [7, 11) is -3.55. The van der Waals surface area contributed by atoms with E-state index in [1.54, 1.807) is 18.3 Å². The van der Waals surface area contributed by atoms with E-state index in [1.165, 1.54) is 4.31 Å². The van der Waals surface area contributed by atoms with Crippen molar-refractivity contribution in [3.63, 3.8) is 0 Å². The van der Waals surface area contributed by atoms with Crippen molar-refractivity contribution in [1.82, 2.24) is 9.29 Å². The third-order valence-corrected chi connectivity index (χ3v) is 7.33. The minimum atomic E-state index is -3.55. The van der Waals surface area contributed by atoms with Gasteiger partial charge in [0.25, 0.3) is 0 Å². The van der Waals surface area contributed by atoms with Gasteiger partial charge in [0.1, 0.15) is 5.82 Å². The predicted molar refractivity (Wildman–Crippen MR) is 115 cm³/mol. The van der Waals surface area contributed by atoms with E-state index >= 15 is 0 Å². The summed E-state index contributed by atoms with van der Waals surface area (Å²) in [5.74, 6) is 0.785. The van der Waals surface area contributed by atoms with E-state index in [-0.39, 0.29) is 11.8 Å². The molecular weight excluding hydrogens is 410 g/mol. The molecule has 156 valence electrons. The first-order valence-corrected chi connectivity index (χ1v) is 11.8. The average molecular weight is 436 g/mol. The van der Waals surface area contributed by atoms with Crippen LogP contribution in [0.15, 0.2) is 47.5 Å². The third-order valence-electron chi connectivity index (χ3n) is 5.15. The van der Waals surface area contributed by atoms with Crippen molar-refractivity contribution >= 4 is 33.3 Å². The monoisotopic (exact) mass is 435 g/mol. The number of carbonyl (C=O) groups is 1. The Kier molecular flexibility index (Phi) is 7.27. The molecule has 1 aromatic carbocycles. The number of aromatic nitrogens is 1. The van der Waals surface area contributed by atoms with Crippen molar-refractivity contribution in [3.8, 4) is 0 Å². The van der Waals surface area contributed by atoms with E-state index in [4.69, 9.17) is 11.6 Å². The van der Waals surface area contributed by atoms with Crippen LogP contribution in [-0.2, 0) is 21.2 Å². The number of nitrogens with zero attached hydrogens (tertiary/aromatic N) is 2. The number of piperidine rings is 1. The molecule has 1 fully saturated rings. The van der Waals surface area contributed by atoms with Crippen LogP contribution in [-0.4, -0.2) is 42.6 Å². The highest BCUT2D eigenvalue weighted by molar-refractivity contribution is 7.89. The van der Waals surface area contributed by atoms with Crippen LogP contribution in [0.25, 0.3) is 0 Å². The minimum absolute atomic E-state index is 0.108. The van der Waals surface area contributed by atoms with Gasteiger partial charge in [0.2, 0.25) is 15.9 Å². The largest absolute Gasteiger partial charge is 0.310 e. The van der Waals surface area contributed by atoms with Gasteiger partial charge in [-0.2, -0.15) is 4.31 Å².